The van der Waals surface area contributed by atoms with Crippen molar-refractivity contribution in [1.29, 1.82) is 0 Å². The number of rotatable bonds is 14. The fourth-order valence-electron chi connectivity index (χ4n) is 2.99. The van der Waals surface area contributed by atoms with Crippen molar-refractivity contribution < 1.29 is 41.4 Å². The highest BCUT2D eigenvalue weighted by Gasteiger charge is 2.48. The number of hydrogen-bond donors (Lipinski definition) is 0. The van der Waals surface area contributed by atoms with E-state index >= 15 is 0 Å². The second-order valence-electron chi connectivity index (χ2n) is 8.56. The molecule has 1 rings (SSSR count). The maximum absolute atomic E-state index is 14.3. The van der Waals surface area contributed by atoms with Crippen LogP contribution in [0.2, 0.25) is 0 Å². The van der Waals surface area contributed by atoms with Crippen molar-refractivity contribution in [1.82, 2.24) is 0 Å². The summed E-state index contributed by atoms with van der Waals surface area (Å²) in [6, 6.07) is 3.22. The van der Waals surface area contributed by atoms with Gasteiger partial charge >= 0.3 is 15.2 Å². The zero-order chi connectivity index (χ0) is 26.3. The maximum atomic E-state index is 14.3. The molecule has 0 atom stereocenters. The molecule has 0 amide bonds. The third kappa shape index (κ3) is 8.40. The lowest BCUT2D eigenvalue weighted by Crippen LogP contribution is -2.14. The Kier molecular flexibility index (Phi) is 11.8. The van der Waals surface area contributed by atoms with E-state index in [0.717, 1.165) is 0 Å². The first-order valence-electron chi connectivity index (χ1n) is 11.2. The monoisotopic (exact) mass is 522 g/mol. The number of methoxy groups -OCH3 is 3. The molecule has 0 saturated carbocycles. The first kappa shape index (κ1) is 30.7. The molecule has 0 spiro atoms. The largest absolute Gasteiger partial charge is 0.496 e. The minimum absolute atomic E-state index is 0.227. The van der Waals surface area contributed by atoms with Gasteiger partial charge in [0, 0.05) is 11.6 Å². The van der Waals surface area contributed by atoms with Crippen LogP contribution in [-0.2, 0) is 27.2 Å². The Morgan fingerprint density at radius 1 is 0.618 bits per heavy atom. The molecule has 0 fully saturated rings. The molecule has 0 saturated heterocycles. The van der Waals surface area contributed by atoms with E-state index in [1.807, 2.05) is 0 Å². The van der Waals surface area contributed by atoms with Crippen LogP contribution in [0.1, 0.15) is 61.0 Å². The quantitative estimate of drug-likeness (QED) is 0.237. The summed E-state index contributed by atoms with van der Waals surface area (Å²) in [5.41, 5.74) is 0.398. The predicted octanol–water partition coefficient (Wildman–Crippen LogP) is 7.10. The molecule has 0 aliphatic heterocycles. The molecule has 0 aliphatic rings. The zero-order valence-electron chi connectivity index (χ0n) is 22.1. The fourth-order valence-corrected chi connectivity index (χ4v) is 8.10. The van der Waals surface area contributed by atoms with Gasteiger partial charge < -0.3 is 32.3 Å². The molecule has 0 unspecified atom stereocenters. The molecule has 0 aliphatic carbocycles. The van der Waals surface area contributed by atoms with Gasteiger partial charge in [0.1, 0.15) is 5.75 Å². The minimum Gasteiger partial charge on any atom is -0.496 e. The Morgan fingerprint density at radius 3 is 1.24 bits per heavy atom. The summed E-state index contributed by atoms with van der Waals surface area (Å²) in [5.74, 6) is 1.18. The van der Waals surface area contributed by atoms with Crippen LogP contribution in [0.15, 0.2) is 17.2 Å². The third-order valence-electron chi connectivity index (χ3n) is 3.98. The summed E-state index contributed by atoms with van der Waals surface area (Å²) in [6.07, 6.45) is -0.616. The van der Waals surface area contributed by atoms with Crippen molar-refractivity contribution in [3.05, 3.63) is 22.8 Å². The predicted molar refractivity (Wildman–Crippen MR) is 134 cm³/mol. The SMILES string of the molecule is COc1cc(OC)c(OC)cc1C=C(P(=O)(OC(C)C)OC(C)C)P(=O)(OC(C)C)OC(C)C. The van der Waals surface area contributed by atoms with Gasteiger partial charge in [0.15, 0.2) is 16.6 Å². The van der Waals surface area contributed by atoms with Crippen molar-refractivity contribution in [2.75, 3.05) is 21.3 Å². The molecule has 1 aromatic carbocycles. The van der Waals surface area contributed by atoms with Crippen LogP contribution in [0.4, 0.5) is 0 Å². The standard InChI is InChI=1S/C23H40O9P2/c1-15(2)29-33(24,30-16(3)4)23(34(25,31-17(5)6)32-18(7)8)13-19-12-21(27-10)22(28-11)14-20(19)26-9/h12-18H,1-11H3. The lowest BCUT2D eigenvalue weighted by Gasteiger charge is -2.31. The van der Waals surface area contributed by atoms with Crippen LogP contribution >= 0.6 is 15.2 Å². The topological polar surface area (TPSA) is 98.8 Å². The minimum atomic E-state index is -4.19. The summed E-state index contributed by atoms with van der Waals surface area (Å²) in [5, 5.41) is -0.227. The van der Waals surface area contributed by atoms with E-state index in [-0.39, 0.29) is 5.06 Å². The van der Waals surface area contributed by atoms with Crippen LogP contribution in [-0.4, -0.2) is 45.7 Å². The molecular weight excluding hydrogens is 482 g/mol. The second-order valence-corrected chi connectivity index (χ2v) is 12.7. The summed E-state index contributed by atoms with van der Waals surface area (Å²) >= 11 is 0. The Balaban J connectivity index is 4.06. The molecular formula is C23H40O9P2. The molecule has 11 heteroatoms. The van der Waals surface area contributed by atoms with E-state index < -0.39 is 39.6 Å². The first-order valence-corrected chi connectivity index (χ1v) is 14.3. The normalized spacial score (nSPS) is 12.6. The first-order chi connectivity index (χ1) is 15.7. The molecule has 0 heterocycles. The van der Waals surface area contributed by atoms with E-state index in [2.05, 4.69) is 0 Å². The lowest BCUT2D eigenvalue weighted by molar-refractivity contribution is 0.138. The van der Waals surface area contributed by atoms with Gasteiger partial charge in [-0.3, -0.25) is 9.13 Å². The van der Waals surface area contributed by atoms with Gasteiger partial charge in [-0.15, -0.1) is 0 Å². The van der Waals surface area contributed by atoms with Crippen molar-refractivity contribution >= 4 is 21.3 Å². The highest BCUT2D eigenvalue weighted by molar-refractivity contribution is 7.79. The van der Waals surface area contributed by atoms with Gasteiger partial charge in [-0.05, 0) is 67.5 Å². The molecule has 0 N–H and O–H groups in total. The molecule has 0 aromatic heterocycles. The van der Waals surface area contributed by atoms with Crippen LogP contribution < -0.4 is 14.2 Å². The van der Waals surface area contributed by atoms with Gasteiger partial charge in [-0.2, -0.15) is 0 Å². The number of hydrogen-bond acceptors (Lipinski definition) is 9. The van der Waals surface area contributed by atoms with Gasteiger partial charge in [0.05, 0.1) is 45.7 Å². The van der Waals surface area contributed by atoms with E-state index in [1.165, 1.54) is 27.4 Å². The van der Waals surface area contributed by atoms with Crippen LogP contribution in [0, 0.1) is 0 Å². The van der Waals surface area contributed by atoms with E-state index in [4.69, 9.17) is 32.3 Å². The average Bonchev–Trinajstić information content (AvgIpc) is 2.68. The smallest absolute Gasteiger partial charge is 0.370 e. The average molecular weight is 523 g/mol. The van der Waals surface area contributed by atoms with Crippen molar-refractivity contribution in [2.45, 2.75) is 79.8 Å². The summed E-state index contributed by atoms with van der Waals surface area (Å²) < 4.78 is 68.1. The van der Waals surface area contributed by atoms with Gasteiger partial charge in [0.25, 0.3) is 0 Å². The van der Waals surface area contributed by atoms with Crippen molar-refractivity contribution in [3.63, 3.8) is 0 Å². The Hall–Kier alpha value is -1.34. The van der Waals surface area contributed by atoms with Crippen molar-refractivity contribution in [3.8, 4) is 17.2 Å². The van der Waals surface area contributed by atoms with E-state index in [1.54, 1.807) is 67.5 Å². The number of ether oxygens (including phenoxy) is 3. The Labute approximate surface area is 204 Å². The van der Waals surface area contributed by atoms with Crippen LogP contribution in [0.25, 0.3) is 6.08 Å². The highest BCUT2D eigenvalue weighted by atomic mass is 31.2. The maximum Gasteiger partial charge on any atom is 0.370 e. The van der Waals surface area contributed by atoms with E-state index in [9.17, 15) is 9.13 Å². The van der Waals surface area contributed by atoms with Gasteiger partial charge in [0.2, 0.25) is 0 Å². The highest BCUT2D eigenvalue weighted by Crippen LogP contribution is 2.75. The Morgan fingerprint density at radius 2 is 0.941 bits per heavy atom. The molecule has 0 bridgehead atoms. The molecule has 1 aromatic rings. The van der Waals surface area contributed by atoms with Crippen LogP contribution in [0.5, 0.6) is 17.2 Å². The van der Waals surface area contributed by atoms with Gasteiger partial charge in [-0.25, -0.2) is 0 Å². The zero-order valence-corrected chi connectivity index (χ0v) is 23.9. The van der Waals surface area contributed by atoms with Crippen LogP contribution in [0.3, 0.4) is 0 Å². The molecule has 196 valence electrons. The number of benzene rings is 1. The third-order valence-corrected chi connectivity index (χ3v) is 9.63. The second kappa shape index (κ2) is 13.1. The Bertz CT molecular complexity index is 855. The fraction of sp³-hybridized carbons (Fsp3) is 0.652. The lowest BCUT2D eigenvalue weighted by atomic mass is 10.1. The van der Waals surface area contributed by atoms with E-state index in [0.29, 0.717) is 22.8 Å². The summed E-state index contributed by atoms with van der Waals surface area (Å²) in [7, 11) is -3.92. The van der Waals surface area contributed by atoms with Gasteiger partial charge in [-0.1, -0.05) is 0 Å². The summed E-state index contributed by atoms with van der Waals surface area (Å²) in [4.78, 5) is 0. The summed E-state index contributed by atoms with van der Waals surface area (Å²) in [6.45, 7) is 13.7. The molecule has 9 nitrogen and oxygen atoms in total. The molecule has 0 radical (unpaired) electrons. The van der Waals surface area contributed by atoms with Crippen molar-refractivity contribution in [2.24, 2.45) is 0 Å². The molecule has 34 heavy (non-hydrogen) atoms.